The van der Waals surface area contributed by atoms with Gasteiger partial charge in [-0.15, -0.1) is 11.3 Å². The zero-order valence-corrected chi connectivity index (χ0v) is 18.8. The molecule has 31 heavy (non-hydrogen) atoms. The van der Waals surface area contributed by atoms with Gasteiger partial charge in [-0.05, 0) is 51.3 Å². The fraction of sp³-hybridized carbons (Fsp3) is 0.455. The van der Waals surface area contributed by atoms with E-state index < -0.39 is 5.60 Å². The number of carbonyl (C=O) groups excluding carboxylic acids is 2. The summed E-state index contributed by atoms with van der Waals surface area (Å²) in [6.45, 7) is 7.32. The maximum atomic E-state index is 12.6. The van der Waals surface area contributed by atoms with E-state index >= 15 is 0 Å². The summed E-state index contributed by atoms with van der Waals surface area (Å²) in [5.41, 5.74) is 1.35. The molecule has 1 aliphatic rings. The third-order valence-electron chi connectivity index (χ3n) is 5.16. The number of aromatic nitrogens is 3. The predicted octanol–water partition coefficient (Wildman–Crippen LogP) is 3.84. The molecule has 0 spiro atoms. The second-order valence-electron chi connectivity index (χ2n) is 8.71. The number of likely N-dealkylation sites (tertiary alicyclic amines) is 1. The number of nitrogens with one attached hydrogen (secondary N) is 1. The highest BCUT2D eigenvalue weighted by Crippen LogP contribution is 2.31. The molecule has 0 aliphatic carbocycles. The number of hydrogen-bond acceptors (Lipinski definition) is 6. The molecule has 0 bridgehead atoms. The van der Waals surface area contributed by atoms with Crippen LogP contribution in [0, 0.1) is 0 Å². The summed E-state index contributed by atoms with van der Waals surface area (Å²) in [5, 5.41) is 3.91. The molecular formula is C22H27N5O3S. The normalized spacial score (nSPS) is 15.3. The molecule has 8 nitrogen and oxygen atoms in total. The highest BCUT2D eigenvalue weighted by atomic mass is 32.1. The van der Waals surface area contributed by atoms with Gasteiger partial charge in [-0.1, -0.05) is 0 Å². The van der Waals surface area contributed by atoms with E-state index in [2.05, 4.69) is 15.3 Å². The number of fused-ring (bicyclic) bond motifs is 1. The van der Waals surface area contributed by atoms with E-state index in [4.69, 9.17) is 4.74 Å². The van der Waals surface area contributed by atoms with Crippen molar-refractivity contribution in [3.05, 3.63) is 52.4 Å². The molecule has 1 saturated heterocycles. The van der Waals surface area contributed by atoms with Crippen LogP contribution in [-0.2, 0) is 11.3 Å². The van der Waals surface area contributed by atoms with Crippen LogP contribution in [0.2, 0.25) is 0 Å². The lowest BCUT2D eigenvalue weighted by Gasteiger charge is -2.32. The SMILES string of the molecule is CC(C)(C)OC(=O)N1CCC(c2ncc(C(=O)NCc3ccn4ccnc4c3)s2)CC1. The van der Waals surface area contributed by atoms with Gasteiger partial charge in [-0.3, -0.25) is 4.79 Å². The molecule has 0 aromatic carbocycles. The molecule has 0 unspecified atom stereocenters. The Balaban J connectivity index is 1.29. The number of hydrogen-bond donors (Lipinski definition) is 1. The first-order valence-corrected chi connectivity index (χ1v) is 11.2. The van der Waals surface area contributed by atoms with Gasteiger partial charge in [0, 0.05) is 44.1 Å². The molecule has 1 aliphatic heterocycles. The molecule has 0 saturated carbocycles. The minimum atomic E-state index is -0.490. The van der Waals surface area contributed by atoms with E-state index in [1.54, 1.807) is 17.3 Å². The van der Waals surface area contributed by atoms with Gasteiger partial charge in [0.25, 0.3) is 5.91 Å². The molecule has 0 atom stereocenters. The Morgan fingerprint density at radius 1 is 1.23 bits per heavy atom. The second-order valence-corrected chi connectivity index (χ2v) is 9.78. The number of piperidine rings is 1. The average Bonchev–Trinajstić information content (AvgIpc) is 3.40. The van der Waals surface area contributed by atoms with Gasteiger partial charge in [0.2, 0.25) is 0 Å². The van der Waals surface area contributed by atoms with E-state index in [1.807, 2.05) is 49.7 Å². The molecule has 2 amide bonds. The number of imidazole rings is 1. The topological polar surface area (TPSA) is 88.8 Å². The summed E-state index contributed by atoms with van der Waals surface area (Å²) in [6.07, 6.45) is 8.57. The lowest BCUT2D eigenvalue weighted by molar-refractivity contribution is 0.0204. The molecule has 0 radical (unpaired) electrons. The Hall–Kier alpha value is -2.94. The summed E-state index contributed by atoms with van der Waals surface area (Å²) in [7, 11) is 0. The first-order chi connectivity index (χ1) is 14.8. The number of pyridine rings is 1. The van der Waals surface area contributed by atoms with Gasteiger partial charge in [0.15, 0.2) is 0 Å². The van der Waals surface area contributed by atoms with Crippen LogP contribution in [0.5, 0.6) is 0 Å². The molecule has 4 rings (SSSR count). The Bertz CT molecular complexity index is 1080. The van der Waals surface area contributed by atoms with Crippen molar-refractivity contribution in [2.45, 2.75) is 51.7 Å². The standard InChI is InChI=1S/C22H27N5O3S/c1-22(2,3)30-21(29)27-9-5-16(6-10-27)20-25-14-17(31-20)19(28)24-13-15-4-8-26-11-7-23-18(26)12-15/h4,7-8,11-12,14,16H,5-6,9-10,13H2,1-3H3,(H,24,28). The van der Waals surface area contributed by atoms with Crippen LogP contribution in [0.4, 0.5) is 4.79 Å². The Labute approximate surface area is 185 Å². The summed E-state index contributed by atoms with van der Waals surface area (Å²) in [4.78, 5) is 35.9. The van der Waals surface area contributed by atoms with E-state index in [0.717, 1.165) is 29.1 Å². The van der Waals surface area contributed by atoms with Crippen molar-refractivity contribution in [3.63, 3.8) is 0 Å². The minimum Gasteiger partial charge on any atom is -0.444 e. The first-order valence-electron chi connectivity index (χ1n) is 10.4. The van der Waals surface area contributed by atoms with E-state index in [1.165, 1.54) is 11.3 Å². The predicted molar refractivity (Wildman–Crippen MR) is 118 cm³/mol. The third-order valence-corrected chi connectivity index (χ3v) is 6.32. The van der Waals surface area contributed by atoms with Crippen LogP contribution in [0.3, 0.4) is 0 Å². The molecule has 4 heterocycles. The quantitative estimate of drug-likeness (QED) is 0.665. The minimum absolute atomic E-state index is 0.127. The molecule has 1 N–H and O–H groups in total. The van der Waals surface area contributed by atoms with Crippen molar-refractivity contribution in [2.24, 2.45) is 0 Å². The molecule has 164 valence electrons. The van der Waals surface area contributed by atoms with Crippen molar-refractivity contribution in [1.82, 2.24) is 24.6 Å². The van der Waals surface area contributed by atoms with Gasteiger partial charge in [-0.25, -0.2) is 14.8 Å². The van der Waals surface area contributed by atoms with Crippen molar-refractivity contribution < 1.29 is 14.3 Å². The van der Waals surface area contributed by atoms with E-state index in [-0.39, 0.29) is 17.9 Å². The molecule has 3 aromatic heterocycles. The van der Waals surface area contributed by atoms with Crippen LogP contribution in [-0.4, -0.2) is 50.0 Å². The largest absolute Gasteiger partial charge is 0.444 e. The lowest BCUT2D eigenvalue weighted by Crippen LogP contribution is -2.41. The summed E-state index contributed by atoms with van der Waals surface area (Å²) < 4.78 is 7.38. The lowest BCUT2D eigenvalue weighted by atomic mass is 9.98. The fourth-order valence-electron chi connectivity index (χ4n) is 3.55. The van der Waals surface area contributed by atoms with Crippen LogP contribution < -0.4 is 5.32 Å². The number of thiazole rings is 1. The third kappa shape index (κ3) is 5.22. The Kier molecular flexibility index (Phi) is 5.95. The van der Waals surface area contributed by atoms with Gasteiger partial charge in [0.05, 0.1) is 11.2 Å². The zero-order valence-electron chi connectivity index (χ0n) is 18.0. The van der Waals surface area contributed by atoms with E-state index in [9.17, 15) is 9.59 Å². The summed E-state index contributed by atoms with van der Waals surface area (Å²) in [6, 6.07) is 3.92. The van der Waals surface area contributed by atoms with Gasteiger partial charge in [-0.2, -0.15) is 0 Å². The highest BCUT2D eigenvalue weighted by molar-refractivity contribution is 7.13. The van der Waals surface area contributed by atoms with Crippen molar-refractivity contribution in [2.75, 3.05) is 13.1 Å². The van der Waals surface area contributed by atoms with Gasteiger partial charge in [0.1, 0.15) is 16.1 Å². The molecular weight excluding hydrogens is 414 g/mol. The smallest absolute Gasteiger partial charge is 0.410 e. The second kappa shape index (κ2) is 8.66. The zero-order chi connectivity index (χ0) is 22.0. The summed E-state index contributed by atoms with van der Waals surface area (Å²) >= 11 is 1.43. The number of amides is 2. The fourth-order valence-corrected chi connectivity index (χ4v) is 4.55. The Morgan fingerprint density at radius 2 is 2.00 bits per heavy atom. The molecule has 1 fully saturated rings. The monoisotopic (exact) mass is 441 g/mol. The maximum absolute atomic E-state index is 12.6. The Morgan fingerprint density at radius 3 is 2.74 bits per heavy atom. The van der Waals surface area contributed by atoms with Gasteiger partial charge < -0.3 is 19.4 Å². The van der Waals surface area contributed by atoms with E-state index in [0.29, 0.717) is 24.5 Å². The highest BCUT2D eigenvalue weighted by Gasteiger charge is 2.29. The number of carbonyl (C=O) groups is 2. The number of rotatable bonds is 4. The number of nitrogens with zero attached hydrogens (tertiary/aromatic N) is 4. The molecule has 3 aromatic rings. The van der Waals surface area contributed by atoms with Crippen molar-refractivity contribution in [3.8, 4) is 0 Å². The average molecular weight is 442 g/mol. The van der Waals surface area contributed by atoms with Gasteiger partial charge >= 0.3 is 6.09 Å². The van der Waals surface area contributed by atoms with Crippen LogP contribution in [0.15, 0.2) is 36.9 Å². The van der Waals surface area contributed by atoms with Crippen molar-refractivity contribution >= 4 is 29.0 Å². The van der Waals surface area contributed by atoms with Crippen molar-refractivity contribution in [1.29, 1.82) is 0 Å². The first kappa shape index (κ1) is 21.3. The maximum Gasteiger partial charge on any atom is 0.410 e. The van der Waals surface area contributed by atoms with Crippen LogP contribution in [0.1, 0.15) is 59.8 Å². The van der Waals surface area contributed by atoms with Crippen LogP contribution >= 0.6 is 11.3 Å². The van der Waals surface area contributed by atoms with Crippen LogP contribution in [0.25, 0.3) is 5.65 Å². The molecule has 9 heteroatoms. The number of ether oxygens (including phenoxy) is 1. The summed E-state index contributed by atoms with van der Waals surface area (Å²) in [5.74, 6) is 0.131.